The van der Waals surface area contributed by atoms with Gasteiger partial charge in [0.25, 0.3) is 5.91 Å². The molecule has 0 radical (unpaired) electrons. The average Bonchev–Trinajstić information content (AvgIpc) is 2.41. The summed E-state index contributed by atoms with van der Waals surface area (Å²) in [7, 11) is 1.54. The number of nitrogens with one attached hydrogen (secondary N) is 1. The number of ether oxygens (including phenoxy) is 1. The molecule has 0 saturated heterocycles. The summed E-state index contributed by atoms with van der Waals surface area (Å²) in [5.41, 5.74) is 0.526. The number of amides is 1. The van der Waals surface area contributed by atoms with Gasteiger partial charge >= 0.3 is 0 Å². The van der Waals surface area contributed by atoms with E-state index in [0.717, 1.165) is 6.20 Å². The van der Waals surface area contributed by atoms with Crippen LogP contribution in [0, 0.1) is 5.82 Å². The van der Waals surface area contributed by atoms with Gasteiger partial charge in [-0.15, -0.1) is 0 Å². The molecule has 0 atom stereocenters. The highest BCUT2D eigenvalue weighted by Crippen LogP contribution is 2.15. The summed E-state index contributed by atoms with van der Waals surface area (Å²) >= 11 is 0. The van der Waals surface area contributed by atoms with Crippen LogP contribution in [-0.4, -0.2) is 18.0 Å². The fraction of sp³-hybridized carbons (Fsp3) is 0.0769. The average molecular weight is 246 g/mol. The molecule has 0 unspecified atom stereocenters. The summed E-state index contributed by atoms with van der Waals surface area (Å²) in [6.07, 6.45) is 2.45. The standard InChI is InChI=1S/C13H11FN2O2/c1-18-10-4-2-9(3-5-10)13(17)16-12-6-7-15-8-11(12)14/h2-8H,1H3,(H,15,16,17). The van der Waals surface area contributed by atoms with Gasteiger partial charge in [-0.1, -0.05) is 0 Å². The number of pyridine rings is 1. The van der Waals surface area contributed by atoms with Crippen molar-refractivity contribution in [3.05, 3.63) is 54.1 Å². The molecule has 0 aliphatic carbocycles. The fourth-order valence-corrected chi connectivity index (χ4v) is 1.41. The molecule has 0 saturated carbocycles. The Kier molecular flexibility index (Phi) is 3.52. The maximum absolute atomic E-state index is 13.3. The van der Waals surface area contributed by atoms with Gasteiger partial charge in [0.05, 0.1) is 19.0 Å². The molecular weight excluding hydrogens is 235 g/mol. The number of halogens is 1. The third-order valence-corrected chi connectivity index (χ3v) is 2.37. The zero-order chi connectivity index (χ0) is 13.0. The second kappa shape index (κ2) is 5.27. The van der Waals surface area contributed by atoms with Crippen molar-refractivity contribution >= 4 is 11.6 Å². The summed E-state index contributed by atoms with van der Waals surface area (Å²) in [5.74, 6) is -0.302. The number of rotatable bonds is 3. The van der Waals surface area contributed by atoms with Crippen molar-refractivity contribution in [2.45, 2.75) is 0 Å². The summed E-state index contributed by atoms with van der Waals surface area (Å²) in [6.45, 7) is 0. The SMILES string of the molecule is COc1ccc(C(=O)Nc2ccncc2F)cc1. The Hall–Kier alpha value is -2.43. The summed E-state index contributed by atoms with van der Waals surface area (Å²) in [4.78, 5) is 15.4. The lowest BCUT2D eigenvalue weighted by molar-refractivity contribution is 0.102. The molecule has 2 aromatic rings. The van der Waals surface area contributed by atoms with Crippen molar-refractivity contribution in [2.24, 2.45) is 0 Å². The van der Waals surface area contributed by atoms with Gasteiger partial charge in [-0.3, -0.25) is 9.78 Å². The van der Waals surface area contributed by atoms with Gasteiger partial charge in [-0.05, 0) is 30.3 Å². The van der Waals surface area contributed by atoms with Crippen molar-refractivity contribution in [1.29, 1.82) is 0 Å². The van der Waals surface area contributed by atoms with Crippen molar-refractivity contribution in [3.63, 3.8) is 0 Å². The lowest BCUT2D eigenvalue weighted by Crippen LogP contribution is -2.12. The fourth-order valence-electron chi connectivity index (χ4n) is 1.41. The topological polar surface area (TPSA) is 51.2 Å². The van der Waals surface area contributed by atoms with Crippen LogP contribution in [0.25, 0.3) is 0 Å². The molecule has 1 aromatic carbocycles. The van der Waals surface area contributed by atoms with E-state index in [-0.39, 0.29) is 11.6 Å². The molecule has 1 heterocycles. The van der Waals surface area contributed by atoms with Crippen LogP contribution in [0.15, 0.2) is 42.7 Å². The number of hydrogen-bond acceptors (Lipinski definition) is 3. The highest BCUT2D eigenvalue weighted by Gasteiger charge is 2.08. The molecule has 4 nitrogen and oxygen atoms in total. The minimum atomic E-state index is -0.570. The van der Waals surface area contributed by atoms with E-state index < -0.39 is 5.82 Å². The van der Waals surface area contributed by atoms with Crippen LogP contribution in [0.3, 0.4) is 0 Å². The van der Waals surface area contributed by atoms with Gasteiger partial charge in [0, 0.05) is 11.8 Å². The number of anilines is 1. The van der Waals surface area contributed by atoms with Gasteiger partial charge in [-0.2, -0.15) is 0 Å². The number of hydrogen-bond donors (Lipinski definition) is 1. The van der Waals surface area contributed by atoms with Crippen LogP contribution in [-0.2, 0) is 0 Å². The van der Waals surface area contributed by atoms with Gasteiger partial charge in [0.2, 0.25) is 0 Å². The van der Waals surface area contributed by atoms with Crippen LogP contribution in [0.2, 0.25) is 0 Å². The van der Waals surface area contributed by atoms with Gasteiger partial charge in [-0.25, -0.2) is 4.39 Å². The number of carbonyl (C=O) groups excluding carboxylic acids is 1. The van der Waals surface area contributed by atoms with Gasteiger partial charge < -0.3 is 10.1 Å². The normalized spacial score (nSPS) is 9.89. The first-order chi connectivity index (χ1) is 8.70. The summed E-state index contributed by atoms with van der Waals surface area (Å²) < 4.78 is 18.3. The second-order valence-corrected chi connectivity index (χ2v) is 3.54. The van der Waals surface area contributed by atoms with E-state index in [1.54, 1.807) is 31.4 Å². The molecule has 1 aromatic heterocycles. The smallest absolute Gasteiger partial charge is 0.255 e. The predicted octanol–water partition coefficient (Wildman–Crippen LogP) is 2.48. The van der Waals surface area contributed by atoms with E-state index in [4.69, 9.17) is 4.74 Å². The third-order valence-electron chi connectivity index (χ3n) is 2.37. The number of benzene rings is 1. The van der Waals surface area contributed by atoms with Gasteiger partial charge in [0.1, 0.15) is 5.75 Å². The van der Waals surface area contributed by atoms with Crippen molar-refractivity contribution < 1.29 is 13.9 Å². The maximum Gasteiger partial charge on any atom is 0.255 e. The second-order valence-electron chi connectivity index (χ2n) is 3.54. The van der Waals surface area contributed by atoms with Crippen LogP contribution < -0.4 is 10.1 Å². The quantitative estimate of drug-likeness (QED) is 0.905. The van der Waals surface area contributed by atoms with E-state index >= 15 is 0 Å². The molecule has 0 fully saturated rings. The van der Waals surface area contributed by atoms with Crippen LogP contribution in [0.4, 0.5) is 10.1 Å². The predicted molar refractivity (Wildman–Crippen MR) is 65.1 cm³/mol. The van der Waals surface area contributed by atoms with E-state index in [1.165, 1.54) is 12.3 Å². The molecule has 0 aliphatic heterocycles. The summed E-state index contributed by atoms with van der Waals surface area (Å²) in [6, 6.07) is 7.94. The molecule has 5 heteroatoms. The first-order valence-electron chi connectivity index (χ1n) is 5.25. The Bertz CT molecular complexity index is 555. The van der Waals surface area contributed by atoms with Crippen LogP contribution in [0.5, 0.6) is 5.75 Å². The van der Waals surface area contributed by atoms with Crippen molar-refractivity contribution in [2.75, 3.05) is 12.4 Å². The Morgan fingerprint density at radius 1 is 1.28 bits per heavy atom. The number of aromatic nitrogens is 1. The first-order valence-corrected chi connectivity index (χ1v) is 5.25. The minimum absolute atomic E-state index is 0.103. The Morgan fingerprint density at radius 3 is 2.61 bits per heavy atom. The molecule has 0 spiro atoms. The highest BCUT2D eigenvalue weighted by atomic mass is 19.1. The first kappa shape index (κ1) is 12.0. The highest BCUT2D eigenvalue weighted by molar-refractivity contribution is 6.04. The third kappa shape index (κ3) is 2.63. The van der Waals surface area contributed by atoms with Gasteiger partial charge in [0.15, 0.2) is 5.82 Å². The maximum atomic E-state index is 13.3. The van der Waals surface area contributed by atoms with Crippen LogP contribution in [0.1, 0.15) is 10.4 Å². The van der Waals surface area contributed by atoms with Crippen molar-refractivity contribution in [1.82, 2.24) is 4.98 Å². The number of nitrogens with zero attached hydrogens (tertiary/aromatic N) is 1. The Morgan fingerprint density at radius 2 is 2.00 bits per heavy atom. The lowest BCUT2D eigenvalue weighted by Gasteiger charge is -2.06. The number of carbonyl (C=O) groups is 1. The number of methoxy groups -OCH3 is 1. The summed E-state index contributed by atoms with van der Waals surface area (Å²) in [5, 5.41) is 2.47. The molecular formula is C13H11FN2O2. The molecule has 18 heavy (non-hydrogen) atoms. The molecule has 1 amide bonds. The molecule has 0 bridgehead atoms. The van der Waals surface area contributed by atoms with E-state index in [0.29, 0.717) is 11.3 Å². The molecule has 0 aliphatic rings. The zero-order valence-electron chi connectivity index (χ0n) is 9.68. The molecule has 2 rings (SSSR count). The largest absolute Gasteiger partial charge is 0.497 e. The Balaban J connectivity index is 2.14. The van der Waals surface area contributed by atoms with E-state index in [2.05, 4.69) is 10.3 Å². The molecule has 92 valence electrons. The van der Waals surface area contributed by atoms with E-state index in [9.17, 15) is 9.18 Å². The van der Waals surface area contributed by atoms with Crippen molar-refractivity contribution in [3.8, 4) is 5.75 Å². The monoisotopic (exact) mass is 246 g/mol. The zero-order valence-corrected chi connectivity index (χ0v) is 9.68. The Labute approximate surface area is 103 Å². The van der Waals surface area contributed by atoms with E-state index in [1.807, 2.05) is 0 Å². The van der Waals surface area contributed by atoms with Crippen LogP contribution >= 0.6 is 0 Å². The minimum Gasteiger partial charge on any atom is -0.497 e. The molecule has 1 N–H and O–H groups in total. The lowest BCUT2D eigenvalue weighted by atomic mass is 10.2.